The third-order valence-electron chi connectivity index (χ3n) is 4.06. The van der Waals surface area contributed by atoms with Crippen molar-refractivity contribution in [2.45, 2.75) is 52.7 Å². The summed E-state index contributed by atoms with van der Waals surface area (Å²) in [5.41, 5.74) is 0.176. The molecule has 0 spiro atoms. The van der Waals surface area contributed by atoms with E-state index in [1.807, 2.05) is 0 Å². The van der Waals surface area contributed by atoms with Crippen molar-refractivity contribution in [3.8, 4) is 0 Å². The van der Waals surface area contributed by atoms with E-state index in [4.69, 9.17) is 9.47 Å². The maximum Gasteiger partial charge on any atom is 0.0654 e. The third kappa shape index (κ3) is 2.21. The van der Waals surface area contributed by atoms with E-state index in [1.165, 1.54) is 12.8 Å². The highest BCUT2D eigenvalue weighted by Crippen LogP contribution is 2.41. The maximum absolute atomic E-state index is 5.90. The Morgan fingerprint density at radius 1 is 0.867 bits per heavy atom. The fourth-order valence-corrected chi connectivity index (χ4v) is 2.81. The second-order valence-corrected chi connectivity index (χ2v) is 6.15. The molecule has 4 unspecified atom stereocenters. The lowest BCUT2D eigenvalue weighted by Crippen LogP contribution is -2.40. The topological polar surface area (TPSA) is 18.5 Å². The van der Waals surface area contributed by atoms with Crippen LogP contribution in [0.4, 0.5) is 0 Å². The molecule has 2 rings (SSSR count). The van der Waals surface area contributed by atoms with Crippen LogP contribution in [-0.2, 0) is 9.47 Å². The Labute approximate surface area is 93.3 Å². The van der Waals surface area contributed by atoms with E-state index in [2.05, 4.69) is 27.7 Å². The van der Waals surface area contributed by atoms with Gasteiger partial charge in [-0.1, -0.05) is 27.7 Å². The average Bonchev–Trinajstić information content (AvgIpc) is 2.74. The predicted octanol–water partition coefficient (Wildman–Crippen LogP) is 2.86. The quantitative estimate of drug-likeness (QED) is 0.700. The van der Waals surface area contributed by atoms with Gasteiger partial charge in [0.1, 0.15) is 0 Å². The zero-order valence-electron chi connectivity index (χ0n) is 10.5. The summed E-state index contributed by atoms with van der Waals surface area (Å²) in [6, 6.07) is 0. The van der Waals surface area contributed by atoms with Crippen LogP contribution in [-0.4, -0.2) is 25.4 Å². The molecule has 2 heterocycles. The van der Waals surface area contributed by atoms with Crippen molar-refractivity contribution in [2.24, 2.45) is 17.3 Å². The molecule has 2 nitrogen and oxygen atoms in total. The van der Waals surface area contributed by atoms with Crippen molar-refractivity contribution in [2.75, 3.05) is 13.2 Å². The maximum atomic E-state index is 5.90. The molecule has 0 N–H and O–H groups in total. The van der Waals surface area contributed by atoms with Crippen molar-refractivity contribution < 1.29 is 9.47 Å². The van der Waals surface area contributed by atoms with E-state index < -0.39 is 0 Å². The second-order valence-electron chi connectivity index (χ2n) is 6.15. The average molecular weight is 212 g/mol. The molecule has 2 aliphatic rings. The van der Waals surface area contributed by atoms with Crippen molar-refractivity contribution in [1.82, 2.24) is 0 Å². The van der Waals surface area contributed by atoms with Gasteiger partial charge in [-0.25, -0.2) is 0 Å². The summed E-state index contributed by atoms with van der Waals surface area (Å²) < 4.78 is 11.8. The Kier molecular flexibility index (Phi) is 3.09. The number of hydrogen-bond acceptors (Lipinski definition) is 2. The molecule has 2 saturated heterocycles. The molecule has 15 heavy (non-hydrogen) atoms. The van der Waals surface area contributed by atoms with E-state index in [0.29, 0.717) is 24.0 Å². The second kappa shape index (κ2) is 4.06. The van der Waals surface area contributed by atoms with E-state index >= 15 is 0 Å². The molecule has 2 fully saturated rings. The van der Waals surface area contributed by atoms with E-state index in [0.717, 1.165) is 13.2 Å². The van der Waals surface area contributed by atoms with Crippen LogP contribution in [0.15, 0.2) is 0 Å². The van der Waals surface area contributed by atoms with Crippen LogP contribution >= 0.6 is 0 Å². The minimum atomic E-state index is 0.176. The molecule has 0 aromatic heterocycles. The SMILES string of the molecule is CC1COC(C(C)(C)C2CC(C)CO2)C1. The summed E-state index contributed by atoms with van der Waals surface area (Å²) in [6.07, 6.45) is 3.17. The molecular formula is C13H24O2. The number of hydrogen-bond donors (Lipinski definition) is 0. The highest BCUT2D eigenvalue weighted by Gasteiger charge is 2.44. The summed E-state index contributed by atoms with van der Waals surface area (Å²) >= 11 is 0. The molecule has 0 saturated carbocycles. The van der Waals surface area contributed by atoms with Gasteiger partial charge in [0.25, 0.3) is 0 Å². The van der Waals surface area contributed by atoms with Crippen LogP contribution in [0.5, 0.6) is 0 Å². The van der Waals surface area contributed by atoms with Gasteiger partial charge >= 0.3 is 0 Å². The van der Waals surface area contributed by atoms with Crippen molar-refractivity contribution in [1.29, 1.82) is 0 Å². The highest BCUT2D eigenvalue weighted by molar-refractivity contribution is 4.93. The Bertz CT molecular complexity index is 203. The van der Waals surface area contributed by atoms with Crippen LogP contribution in [0.2, 0.25) is 0 Å². The van der Waals surface area contributed by atoms with Crippen LogP contribution < -0.4 is 0 Å². The van der Waals surface area contributed by atoms with Gasteiger partial charge in [0.15, 0.2) is 0 Å². The van der Waals surface area contributed by atoms with Crippen LogP contribution in [0.3, 0.4) is 0 Å². The first-order chi connectivity index (χ1) is 7.00. The minimum Gasteiger partial charge on any atom is -0.377 e. The Hall–Kier alpha value is -0.0800. The zero-order chi connectivity index (χ0) is 11.1. The Morgan fingerprint density at radius 2 is 1.27 bits per heavy atom. The van der Waals surface area contributed by atoms with E-state index in [1.54, 1.807) is 0 Å². The molecule has 2 aliphatic heterocycles. The van der Waals surface area contributed by atoms with Gasteiger partial charge in [-0.2, -0.15) is 0 Å². The standard InChI is InChI=1S/C13H24O2/c1-9-5-11(14-7-9)13(3,4)12-6-10(2)8-15-12/h9-12H,5-8H2,1-4H3. The van der Waals surface area contributed by atoms with Crippen LogP contribution in [0.1, 0.15) is 40.5 Å². The molecule has 0 aromatic carbocycles. The fourth-order valence-electron chi connectivity index (χ4n) is 2.81. The molecule has 0 amide bonds. The molecular weight excluding hydrogens is 188 g/mol. The molecule has 0 aromatic rings. The number of rotatable bonds is 2. The monoisotopic (exact) mass is 212 g/mol. The Balaban J connectivity index is 1.99. The Morgan fingerprint density at radius 3 is 1.53 bits per heavy atom. The summed E-state index contributed by atoms with van der Waals surface area (Å²) in [5.74, 6) is 1.43. The molecule has 88 valence electrons. The van der Waals surface area contributed by atoms with Crippen molar-refractivity contribution in [3.63, 3.8) is 0 Å². The lowest BCUT2D eigenvalue weighted by molar-refractivity contribution is -0.0683. The smallest absolute Gasteiger partial charge is 0.0654 e. The lowest BCUT2D eigenvalue weighted by atomic mass is 9.77. The van der Waals surface area contributed by atoms with Crippen LogP contribution in [0, 0.1) is 17.3 Å². The fraction of sp³-hybridized carbons (Fsp3) is 1.00. The molecule has 2 heteroatoms. The molecule has 4 atom stereocenters. The van der Waals surface area contributed by atoms with E-state index in [-0.39, 0.29) is 5.41 Å². The lowest BCUT2D eigenvalue weighted by Gasteiger charge is -2.36. The zero-order valence-corrected chi connectivity index (χ0v) is 10.5. The summed E-state index contributed by atoms with van der Waals surface area (Å²) in [5, 5.41) is 0. The normalized spacial score (nSPS) is 42.4. The third-order valence-corrected chi connectivity index (χ3v) is 4.06. The van der Waals surface area contributed by atoms with Gasteiger partial charge in [0, 0.05) is 18.6 Å². The highest BCUT2D eigenvalue weighted by atomic mass is 16.5. The van der Waals surface area contributed by atoms with Gasteiger partial charge in [0.2, 0.25) is 0 Å². The molecule has 0 aliphatic carbocycles. The summed E-state index contributed by atoms with van der Waals surface area (Å²) in [6.45, 7) is 11.0. The molecule has 0 radical (unpaired) electrons. The predicted molar refractivity (Wildman–Crippen MR) is 60.8 cm³/mol. The number of ether oxygens (including phenoxy) is 2. The van der Waals surface area contributed by atoms with Gasteiger partial charge in [-0.05, 0) is 24.7 Å². The first-order valence-corrected chi connectivity index (χ1v) is 6.23. The minimum absolute atomic E-state index is 0.176. The first kappa shape index (κ1) is 11.4. The molecule has 0 bridgehead atoms. The van der Waals surface area contributed by atoms with Crippen molar-refractivity contribution >= 4 is 0 Å². The first-order valence-electron chi connectivity index (χ1n) is 6.23. The van der Waals surface area contributed by atoms with Gasteiger partial charge < -0.3 is 9.47 Å². The van der Waals surface area contributed by atoms with Crippen LogP contribution in [0.25, 0.3) is 0 Å². The van der Waals surface area contributed by atoms with Crippen molar-refractivity contribution in [3.05, 3.63) is 0 Å². The summed E-state index contributed by atoms with van der Waals surface area (Å²) in [4.78, 5) is 0. The van der Waals surface area contributed by atoms with Gasteiger partial charge in [-0.3, -0.25) is 0 Å². The summed E-state index contributed by atoms with van der Waals surface area (Å²) in [7, 11) is 0. The van der Waals surface area contributed by atoms with Gasteiger partial charge in [0.05, 0.1) is 12.2 Å². The largest absolute Gasteiger partial charge is 0.377 e. The van der Waals surface area contributed by atoms with Gasteiger partial charge in [-0.15, -0.1) is 0 Å². The van der Waals surface area contributed by atoms with E-state index in [9.17, 15) is 0 Å².